The van der Waals surface area contributed by atoms with Crippen molar-refractivity contribution in [2.24, 2.45) is 5.73 Å². The van der Waals surface area contributed by atoms with E-state index in [4.69, 9.17) is 10.5 Å². The van der Waals surface area contributed by atoms with E-state index in [0.717, 1.165) is 17.2 Å². The van der Waals surface area contributed by atoms with Gasteiger partial charge in [-0.2, -0.15) is 0 Å². The van der Waals surface area contributed by atoms with E-state index >= 15 is 0 Å². The van der Waals surface area contributed by atoms with E-state index in [1.165, 1.54) is 21.9 Å². The first kappa shape index (κ1) is 19.2. The Balaban J connectivity index is 0.00000210. The smallest absolute Gasteiger partial charge is 0.410 e. The van der Waals surface area contributed by atoms with E-state index in [1.54, 1.807) is 0 Å². The molecule has 1 aliphatic rings. The Bertz CT molecular complexity index is 1050. The van der Waals surface area contributed by atoms with Crippen molar-refractivity contribution < 1.29 is 9.53 Å². The third-order valence-corrected chi connectivity index (χ3v) is 4.65. The number of benzene rings is 3. The zero-order valence-corrected chi connectivity index (χ0v) is 16.2. The molecular formula is C22H23ClN2O2. The molecule has 0 saturated carbocycles. The topological polar surface area (TPSA) is 64.3 Å². The van der Waals surface area contributed by atoms with Crippen molar-refractivity contribution in [3.63, 3.8) is 0 Å². The molecule has 1 amide bonds. The minimum Gasteiger partial charge on any atom is -0.410 e. The molecule has 4 rings (SSSR count). The number of rotatable bonds is 3. The van der Waals surface area contributed by atoms with Crippen molar-refractivity contribution in [3.05, 3.63) is 59.7 Å². The molecular weight excluding hydrogens is 360 g/mol. The number of nitrogens with one attached hydrogen (secondary N) is 1. The van der Waals surface area contributed by atoms with Gasteiger partial charge in [-0.05, 0) is 65.1 Å². The van der Waals surface area contributed by atoms with Gasteiger partial charge in [0.05, 0.1) is 0 Å². The summed E-state index contributed by atoms with van der Waals surface area (Å²) in [6.45, 7) is 4.05. The summed E-state index contributed by atoms with van der Waals surface area (Å²) >= 11 is 0. The summed E-state index contributed by atoms with van der Waals surface area (Å²) in [4.78, 5) is 11.9. The molecule has 0 aliphatic heterocycles. The fourth-order valence-electron chi connectivity index (χ4n) is 3.40. The van der Waals surface area contributed by atoms with Gasteiger partial charge in [0.1, 0.15) is 5.75 Å². The molecule has 0 unspecified atom stereocenters. The average molecular weight is 383 g/mol. The van der Waals surface area contributed by atoms with Crippen molar-refractivity contribution in [2.45, 2.75) is 25.8 Å². The third kappa shape index (κ3) is 3.92. The molecule has 0 atom stereocenters. The van der Waals surface area contributed by atoms with Gasteiger partial charge in [0, 0.05) is 12.1 Å². The lowest BCUT2D eigenvalue weighted by Crippen LogP contribution is -2.45. The standard InChI is InChI=1S/C22H22N2O2.ClH/c1-22(2,23)13-24-21(25)26-16-8-11-18-15(12-16)7-10-19-17-5-3-4-14(17)6-9-20(18)19;/h3-4,6-12H,5,13,23H2,1-2H3,(H,24,25);1H. The largest absolute Gasteiger partial charge is 0.412 e. The fourth-order valence-corrected chi connectivity index (χ4v) is 3.40. The highest BCUT2D eigenvalue weighted by molar-refractivity contribution is 6.09. The minimum atomic E-state index is -0.493. The van der Waals surface area contributed by atoms with Crippen LogP contribution in [0, 0.1) is 0 Å². The molecule has 27 heavy (non-hydrogen) atoms. The van der Waals surface area contributed by atoms with Crippen molar-refractivity contribution in [3.8, 4) is 5.75 Å². The van der Waals surface area contributed by atoms with Crippen molar-refractivity contribution in [1.29, 1.82) is 0 Å². The van der Waals surface area contributed by atoms with Crippen LogP contribution in [0.3, 0.4) is 0 Å². The van der Waals surface area contributed by atoms with Gasteiger partial charge in [-0.15, -0.1) is 12.4 Å². The zero-order valence-electron chi connectivity index (χ0n) is 15.4. The molecule has 0 fully saturated rings. The number of hydrogen-bond donors (Lipinski definition) is 2. The van der Waals surface area contributed by atoms with Gasteiger partial charge in [-0.25, -0.2) is 4.79 Å². The second kappa shape index (κ2) is 7.22. The van der Waals surface area contributed by atoms with E-state index in [-0.39, 0.29) is 12.4 Å². The number of allylic oxidation sites excluding steroid dienone is 1. The van der Waals surface area contributed by atoms with Crippen LogP contribution in [0.5, 0.6) is 5.75 Å². The molecule has 140 valence electrons. The van der Waals surface area contributed by atoms with Crippen LogP contribution in [0.1, 0.15) is 25.0 Å². The predicted octanol–water partition coefficient (Wildman–Crippen LogP) is 4.81. The van der Waals surface area contributed by atoms with Crippen molar-refractivity contribution in [1.82, 2.24) is 5.32 Å². The van der Waals surface area contributed by atoms with Gasteiger partial charge in [0.2, 0.25) is 0 Å². The Morgan fingerprint density at radius 1 is 1.11 bits per heavy atom. The van der Waals surface area contributed by atoms with Crippen LogP contribution in [0.15, 0.2) is 48.5 Å². The van der Waals surface area contributed by atoms with Crippen LogP contribution < -0.4 is 15.8 Å². The van der Waals surface area contributed by atoms with Crippen molar-refractivity contribution in [2.75, 3.05) is 6.54 Å². The summed E-state index contributed by atoms with van der Waals surface area (Å²) < 4.78 is 5.39. The first-order valence-corrected chi connectivity index (χ1v) is 8.80. The van der Waals surface area contributed by atoms with E-state index in [9.17, 15) is 4.79 Å². The van der Waals surface area contributed by atoms with Crippen LogP contribution in [-0.4, -0.2) is 18.2 Å². The maximum Gasteiger partial charge on any atom is 0.412 e. The molecule has 3 aromatic rings. The van der Waals surface area contributed by atoms with Crippen LogP contribution >= 0.6 is 12.4 Å². The van der Waals surface area contributed by atoms with E-state index in [0.29, 0.717) is 12.3 Å². The molecule has 0 spiro atoms. The summed E-state index contributed by atoms with van der Waals surface area (Å²) in [6.07, 6.45) is 4.87. The Kier molecular flexibility index (Phi) is 5.13. The van der Waals surface area contributed by atoms with Gasteiger partial charge in [0.25, 0.3) is 0 Å². The average Bonchev–Trinajstić information content (AvgIpc) is 3.08. The highest BCUT2D eigenvalue weighted by Gasteiger charge is 2.14. The van der Waals surface area contributed by atoms with Gasteiger partial charge >= 0.3 is 6.09 Å². The number of fused-ring (bicyclic) bond motifs is 5. The molecule has 4 nitrogen and oxygen atoms in total. The number of halogens is 1. The van der Waals surface area contributed by atoms with Crippen LogP contribution in [-0.2, 0) is 6.42 Å². The number of amides is 1. The lowest BCUT2D eigenvalue weighted by atomic mass is 9.96. The molecule has 5 heteroatoms. The lowest BCUT2D eigenvalue weighted by molar-refractivity contribution is 0.198. The first-order valence-electron chi connectivity index (χ1n) is 8.80. The molecule has 3 N–H and O–H groups in total. The van der Waals surface area contributed by atoms with Gasteiger partial charge in [-0.1, -0.05) is 42.5 Å². The maximum atomic E-state index is 11.9. The normalized spacial score (nSPS) is 12.7. The highest BCUT2D eigenvalue weighted by atomic mass is 35.5. The zero-order chi connectivity index (χ0) is 18.3. The number of carbonyl (C=O) groups excluding carboxylic acids is 1. The van der Waals surface area contributed by atoms with E-state index < -0.39 is 11.6 Å². The van der Waals surface area contributed by atoms with E-state index in [2.05, 4.69) is 41.7 Å². The van der Waals surface area contributed by atoms with Crippen LogP contribution in [0.25, 0.3) is 27.6 Å². The Labute approximate surface area is 164 Å². The van der Waals surface area contributed by atoms with Gasteiger partial charge in [0.15, 0.2) is 0 Å². The molecule has 0 aromatic heterocycles. The molecule has 0 bridgehead atoms. The molecule has 3 aromatic carbocycles. The number of ether oxygens (including phenoxy) is 1. The quantitative estimate of drug-likeness (QED) is 0.639. The Morgan fingerprint density at radius 3 is 2.63 bits per heavy atom. The maximum absolute atomic E-state index is 11.9. The van der Waals surface area contributed by atoms with Crippen LogP contribution in [0.4, 0.5) is 4.79 Å². The Morgan fingerprint density at radius 2 is 1.85 bits per heavy atom. The minimum absolute atomic E-state index is 0. The molecule has 1 aliphatic carbocycles. The number of hydrogen-bond acceptors (Lipinski definition) is 3. The third-order valence-electron chi connectivity index (χ3n) is 4.65. The summed E-state index contributed by atoms with van der Waals surface area (Å²) in [7, 11) is 0. The van der Waals surface area contributed by atoms with Crippen molar-refractivity contribution >= 4 is 46.1 Å². The molecule has 0 radical (unpaired) electrons. The SMILES string of the molecule is CC(C)(N)CNC(=O)Oc1ccc2c(ccc3c4c(ccc32)C=CC4)c1.Cl. The monoisotopic (exact) mass is 382 g/mol. The summed E-state index contributed by atoms with van der Waals surface area (Å²) in [5, 5.41) is 7.41. The summed E-state index contributed by atoms with van der Waals surface area (Å²) in [5.41, 5.74) is 8.08. The molecule has 0 saturated heterocycles. The fraction of sp³-hybridized carbons (Fsp3) is 0.227. The first-order chi connectivity index (χ1) is 12.4. The second-order valence-corrected chi connectivity index (χ2v) is 7.52. The Hall–Kier alpha value is -2.56. The van der Waals surface area contributed by atoms with Gasteiger partial charge in [-0.3, -0.25) is 0 Å². The second-order valence-electron chi connectivity index (χ2n) is 7.52. The van der Waals surface area contributed by atoms with Gasteiger partial charge < -0.3 is 15.8 Å². The van der Waals surface area contributed by atoms with Crippen LogP contribution in [0.2, 0.25) is 0 Å². The predicted molar refractivity (Wildman–Crippen MR) is 114 cm³/mol. The summed E-state index contributed by atoms with van der Waals surface area (Å²) in [6, 6.07) is 14.3. The number of nitrogens with two attached hydrogens (primary N) is 1. The van der Waals surface area contributed by atoms with E-state index in [1.807, 2.05) is 32.0 Å². The summed E-state index contributed by atoms with van der Waals surface area (Å²) in [5.74, 6) is 0.520. The highest BCUT2D eigenvalue weighted by Crippen LogP contribution is 2.34. The molecule has 0 heterocycles. The number of carbonyl (C=O) groups is 1. The lowest BCUT2D eigenvalue weighted by Gasteiger charge is -2.18.